The summed E-state index contributed by atoms with van der Waals surface area (Å²) >= 11 is 0. The number of aromatic nitrogens is 6. The van der Waals surface area contributed by atoms with Crippen molar-refractivity contribution >= 4 is 36.6 Å². The second-order valence-corrected chi connectivity index (χ2v) is 12.0. The zero-order valence-corrected chi connectivity index (χ0v) is 17.3. The lowest BCUT2D eigenvalue weighted by Crippen LogP contribution is -2.43. The molecule has 0 spiro atoms. The van der Waals surface area contributed by atoms with Crippen molar-refractivity contribution in [3.05, 3.63) is 36.8 Å². The first-order valence-corrected chi connectivity index (χ1v) is 13.2. The van der Waals surface area contributed by atoms with Crippen molar-refractivity contribution in [2.45, 2.75) is 15.1 Å². The van der Waals surface area contributed by atoms with Crippen LogP contribution in [0.25, 0.3) is 0 Å². The molecule has 16 heteroatoms. The normalized spacial score (nSPS) is 13.3. The molecule has 0 amide bonds. The van der Waals surface area contributed by atoms with Gasteiger partial charge in [0.2, 0.25) is 0 Å². The van der Waals surface area contributed by atoms with Gasteiger partial charge < -0.3 is 13.8 Å². The predicted octanol–water partition coefficient (Wildman–Crippen LogP) is -1.58. The highest BCUT2D eigenvalue weighted by Crippen LogP contribution is 2.11. The summed E-state index contributed by atoms with van der Waals surface area (Å²) < 4.78 is 73.9. The summed E-state index contributed by atoms with van der Waals surface area (Å²) in [5.74, 6) is 0. The van der Waals surface area contributed by atoms with E-state index in [-0.39, 0.29) is 15.1 Å². The third-order valence-electron chi connectivity index (χ3n) is 3.60. The average Bonchev–Trinajstić information content (AvgIpc) is 3.26. The number of rotatable bonds is 6. The molecule has 0 aliphatic heterocycles. The van der Waals surface area contributed by atoms with E-state index in [1.54, 1.807) is 0 Å². The monoisotopic (exact) mass is 446 g/mol. The summed E-state index contributed by atoms with van der Waals surface area (Å²) in [5.41, 5.74) is 0. The molecule has 3 heterocycles. The van der Waals surface area contributed by atoms with Crippen LogP contribution >= 0.6 is 0 Å². The van der Waals surface area contributed by atoms with Gasteiger partial charge in [0.15, 0.2) is 44.6 Å². The minimum Gasteiger partial charge on any atom is -0.424 e. The van der Waals surface area contributed by atoms with Gasteiger partial charge >= 0.3 is 0 Å². The Morgan fingerprint density at radius 1 is 0.607 bits per heavy atom. The molecular formula is C12H15BN6O6S3-. The Labute approximate surface area is 161 Å². The van der Waals surface area contributed by atoms with Gasteiger partial charge in [0.05, 0.1) is 0 Å². The predicted molar refractivity (Wildman–Crippen MR) is 98.0 cm³/mol. The first kappa shape index (κ1) is 20.3. The van der Waals surface area contributed by atoms with Crippen LogP contribution < -0.4 is 0 Å². The Morgan fingerprint density at radius 3 is 1.04 bits per heavy atom. The van der Waals surface area contributed by atoms with E-state index in [4.69, 9.17) is 0 Å². The third-order valence-corrected chi connectivity index (χ3v) is 6.53. The van der Waals surface area contributed by atoms with Crippen LogP contribution in [0.5, 0.6) is 0 Å². The second-order valence-electron chi connectivity index (χ2n) is 6.06. The van der Waals surface area contributed by atoms with Crippen LogP contribution in [0.15, 0.2) is 51.9 Å². The SMILES string of the molecule is CS(=O)(=O)c1ccn([B-](n2ccc(S(C)(=O)=O)n2)n2ccc(S(C)(=O)=O)n2)n1. The largest absolute Gasteiger partial charge is 0.424 e. The standard InChI is InChI=1S/C12H15BN6O6S3/c1-26(20,21)10-4-7-17(14-10)13(18-8-5-11(15-18)27(2,22)23)19-9-6-12(16-19)28(3,24)25/h4-9H,1-3H3/q-1. The molecule has 0 aliphatic rings. The van der Waals surface area contributed by atoms with Crippen molar-refractivity contribution in [3.63, 3.8) is 0 Å². The molecule has 28 heavy (non-hydrogen) atoms. The molecule has 0 bridgehead atoms. The van der Waals surface area contributed by atoms with Crippen molar-refractivity contribution in [1.82, 2.24) is 29.1 Å². The molecule has 0 unspecified atom stereocenters. The maximum Gasteiger partial charge on any atom is 0.260 e. The molecule has 0 saturated heterocycles. The zero-order chi connectivity index (χ0) is 20.9. The fraction of sp³-hybridized carbons (Fsp3) is 0.250. The fourth-order valence-corrected chi connectivity index (χ4v) is 3.96. The van der Waals surface area contributed by atoms with Gasteiger partial charge in [-0.15, -0.1) is 0 Å². The smallest absolute Gasteiger partial charge is 0.260 e. The van der Waals surface area contributed by atoms with Gasteiger partial charge in [-0.05, 0) is 36.8 Å². The van der Waals surface area contributed by atoms with E-state index >= 15 is 0 Å². The molecule has 3 aromatic heterocycles. The van der Waals surface area contributed by atoms with Crippen molar-refractivity contribution < 1.29 is 25.3 Å². The highest BCUT2D eigenvalue weighted by molar-refractivity contribution is 7.91. The maximum atomic E-state index is 11.7. The summed E-state index contributed by atoms with van der Waals surface area (Å²) in [6.07, 6.45) is 6.97. The third kappa shape index (κ3) is 4.02. The van der Waals surface area contributed by atoms with Crippen molar-refractivity contribution in [2.24, 2.45) is 0 Å². The van der Waals surface area contributed by atoms with Crippen LogP contribution in [0.3, 0.4) is 0 Å². The van der Waals surface area contributed by atoms with E-state index in [0.717, 1.165) is 18.8 Å². The van der Waals surface area contributed by atoms with Crippen LogP contribution in [0.1, 0.15) is 0 Å². The Kier molecular flexibility index (Phi) is 4.75. The van der Waals surface area contributed by atoms with E-state index in [0.29, 0.717) is 0 Å². The molecule has 3 rings (SSSR count). The number of nitrogens with zero attached hydrogens (tertiary/aromatic N) is 6. The van der Waals surface area contributed by atoms with E-state index in [2.05, 4.69) is 15.3 Å². The van der Waals surface area contributed by atoms with Crippen molar-refractivity contribution in [1.29, 1.82) is 0 Å². The number of sulfone groups is 3. The van der Waals surface area contributed by atoms with Gasteiger partial charge in [0, 0.05) is 18.8 Å². The average molecular weight is 446 g/mol. The molecule has 0 fully saturated rings. The minimum absolute atomic E-state index is 0.219. The van der Waals surface area contributed by atoms with E-state index in [1.165, 1.54) is 50.6 Å². The highest BCUT2D eigenvalue weighted by atomic mass is 32.2. The molecule has 0 aliphatic carbocycles. The van der Waals surface area contributed by atoms with Gasteiger partial charge in [-0.25, -0.2) is 40.5 Å². The van der Waals surface area contributed by atoms with Crippen LogP contribution in [0, 0.1) is 0 Å². The van der Waals surface area contributed by atoms with Gasteiger partial charge in [-0.2, -0.15) is 0 Å². The van der Waals surface area contributed by atoms with Crippen molar-refractivity contribution in [3.8, 4) is 0 Å². The van der Waals surface area contributed by atoms with E-state index < -0.39 is 36.6 Å². The zero-order valence-electron chi connectivity index (χ0n) is 14.9. The Balaban J connectivity index is 2.18. The highest BCUT2D eigenvalue weighted by Gasteiger charge is 2.19. The topological polar surface area (TPSA) is 156 Å². The maximum absolute atomic E-state index is 11.7. The van der Waals surface area contributed by atoms with Gasteiger partial charge in [-0.3, -0.25) is 0 Å². The summed E-state index contributed by atoms with van der Waals surface area (Å²) in [6, 6.07) is 3.76. The molecule has 1 radical (unpaired) electrons. The minimum atomic E-state index is -3.60. The van der Waals surface area contributed by atoms with Crippen LogP contribution in [0.2, 0.25) is 0 Å². The first-order valence-electron chi connectivity index (χ1n) is 7.52. The molecular weight excluding hydrogens is 431 g/mol. The molecule has 3 aromatic rings. The van der Waals surface area contributed by atoms with Crippen molar-refractivity contribution in [2.75, 3.05) is 18.8 Å². The van der Waals surface area contributed by atoms with Crippen LogP contribution in [-0.2, 0) is 29.5 Å². The quantitative estimate of drug-likeness (QED) is 0.408. The molecule has 0 aromatic carbocycles. The van der Waals surface area contributed by atoms with E-state index in [1.807, 2.05) is 0 Å². The summed E-state index contributed by atoms with van der Waals surface area (Å²) in [4.78, 5) is 0. The number of hydrogen-bond acceptors (Lipinski definition) is 9. The number of hydrogen-bond donors (Lipinski definition) is 0. The Hall–Kier alpha value is -2.46. The van der Waals surface area contributed by atoms with Gasteiger partial charge in [0.1, 0.15) is 0 Å². The lowest BCUT2D eigenvalue weighted by molar-refractivity contribution is 0.596. The van der Waals surface area contributed by atoms with Gasteiger partial charge in [0.25, 0.3) is 7.12 Å². The van der Waals surface area contributed by atoms with Crippen LogP contribution in [-0.4, -0.2) is 80.2 Å². The molecule has 0 saturated carbocycles. The van der Waals surface area contributed by atoms with Gasteiger partial charge in [-0.1, -0.05) is 0 Å². The lowest BCUT2D eigenvalue weighted by Gasteiger charge is -2.29. The summed E-state index contributed by atoms with van der Waals surface area (Å²) in [7, 11) is -11.9. The first-order chi connectivity index (χ1) is 12.8. The Morgan fingerprint density at radius 2 is 0.857 bits per heavy atom. The lowest BCUT2D eigenvalue weighted by atomic mass is 9.96. The molecule has 0 atom stereocenters. The summed E-state index contributed by atoms with van der Waals surface area (Å²) in [5, 5.41) is 11.3. The Bertz CT molecular complexity index is 1180. The molecule has 151 valence electrons. The fourth-order valence-electron chi connectivity index (χ4n) is 2.30. The second kappa shape index (κ2) is 6.56. The van der Waals surface area contributed by atoms with Crippen LogP contribution in [0.4, 0.5) is 0 Å². The molecule has 12 nitrogen and oxygen atoms in total. The summed E-state index contributed by atoms with van der Waals surface area (Å²) in [6.45, 7) is 0. The molecule has 0 N–H and O–H groups in total. The van der Waals surface area contributed by atoms with E-state index in [9.17, 15) is 25.3 Å².